The molecule has 3 unspecified atom stereocenters. The second kappa shape index (κ2) is 6.90. The van der Waals surface area contributed by atoms with Crippen LogP contribution in [0.2, 0.25) is 0 Å². The van der Waals surface area contributed by atoms with Crippen LogP contribution in [0.1, 0.15) is 58.3 Å². The molecule has 0 radical (unpaired) electrons. The van der Waals surface area contributed by atoms with E-state index >= 15 is 0 Å². The topological polar surface area (TPSA) is 26.0 Å². The number of unbranched alkanes of at least 4 members (excludes halogenated alkanes) is 1. The van der Waals surface area contributed by atoms with E-state index in [1.807, 2.05) is 0 Å². The van der Waals surface area contributed by atoms with Gasteiger partial charge in [0.1, 0.15) is 0 Å². The number of terminal acetylenes is 1. The van der Waals surface area contributed by atoms with Gasteiger partial charge >= 0.3 is 0 Å². The molecule has 0 aromatic heterocycles. The maximum atomic E-state index is 6.24. The van der Waals surface area contributed by atoms with Crippen LogP contribution in [-0.2, 0) is 0 Å². The van der Waals surface area contributed by atoms with Crippen LogP contribution in [0.5, 0.6) is 0 Å². The third kappa shape index (κ3) is 4.26. The molecule has 1 fully saturated rings. The molecule has 0 amide bonds. The summed E-state index contributed by atoms with van der Waals surface area (Å²) >= 11 is 0. The molecule has 2 N–H and O–H groups in total. The van der Waals surface area contributed by atoms with Crippen molar-refractivity contribution in [1.82, 2.24) is 0 Å². The summed E-state index contributed by atoms with van der Waals surface area (Å²) in [7, 11) is 0. The maximum absolute atomic E-state index is 6.24. The molecule has 15 heavy (non-hydrogen) atoms. The van der Waals surface area contributed by atoms with Gasteiger partial charge < -0.3 is 5.73 Å². The van der Waals surface area contributed by atoms with Crippen LogP contribution in [0.15, 0.2) is 0 Å². The lowest BCUT2D eigenvalue weighted by atomic mass is 9.76. The van der Waals surface area contributed by atoms with E-state index in [1.165, 1.54) is 32.1 Å². The molecule has 1 heteroatoms. The Hall–Kier alpha value is -0.480. The van der Waals surface area contributed by atoms with E-state index in [4.69, 9.17) is 12.2 Å². The van der Waals surface area contributed by atoms with E-state index in [-0.39, 0.29) is 0 Å². The highest BCUT2D eigenvalue weighted by atomic mass is 14.6. The van der Waals surface area contributed by atoms with E-state index < -0.39 is 0 Å². The largest absolute Gasteiger partial charge is 0.327 e. The van der Waals surface area contributed by atoms with Crippen LogP contribution in [0.4, 0.5) is 0 Å². The fourth-order valence-corrected chi connectivity index (χ4v) is 2.77. The lowest BCUT2D eigenvalue weighted by Gasteiger charge is -2.32. The van der Waals surface area contributed by atoms with Gasteiger partial charge in [-0.3, -0.25) is 0 Å². The van der Waals surface area contributed by atoms with E-state index in [2.05, 4.69) is 12.8 Å². The monoisotopic (exact) mass is 207 g/mol. The number of rotatable bonds is 5. The van der Waals surface area contributed by atoms with Crippen LogP contribution in [0.3, 0.4) is 0 Å². The molecule has 0 bridgehead atoms. The lowest BCUT2D eigenvalue weighted by molar-refractivity contribution is 0.222. The minimum atomic E-state index is 0.396. The summed E-state index contributed by atoms with van der Waals surface area (Å²) in [4.78, 5) is 0. The molecule has 1 aliphatic rings. The Kier molecular flexibility index (Phi) is 5.79. The Morgan fingerprint density at radius 2 is 2.27 bits per heavy atom. The van der Waals surface area contributed by atoms with Crippen LogP contribution in [-0.4, -0.2) is 6.04 Å². The summed E-state index contributed by atoms with van der Waals surface area (Å²) in [6, 6.07) is 0.396. The Labute approximate surface area is 94.8 Å². The molecule has 1 rings (SSSR count). The van der Waals surface area contributed by atoms with Gasteiger partial charge in [-0.05, 0) is 37.5 Å². The molecule has 0 saturated heterocycles. The molecule has 0 aromatic rings. The Morgan fingerprint density at radius 3 is 2.93 bits per heavy atom. The highest BCUT2D eigenvalue weighted by molar-refractivity contribution is 4.85. The fraction of sp³-hybridized carbons (Fsp3) is 0.857. The third-order valence-electron chi connectivity index (χ3n) is 3.86. The van der Waals surface area contributed by atoms with Crippen molar-refractivity contribution in [3.05, 3.63) is 0 Å². The highest BCUT2D eigenvalue weighted by Gasteiger charge is 2.24. The summed E-state index contributed by atoms with van der Waals surface area (Å²) in [5, 5.41) is 0. The van der Waals surface area contributed by atoms with Crippen LogP contribution < -0.4 is 5.73 Å². The number of hydrogen-bond donors (Lipinski definition) is 1. The minimum absolute atomic E-state index is 0.396. The summed E-state index contributed by atoms with van der Waals surface area (Å²) < 4.78 is 0. The zero-order valence-corrected chi connectivity index (χ0v) is 10.0. The predicted molar refractivity (Wildman–Crippen MR) is 66.4 cm³/mol. The molecule has 0 aliphatic heterocycles. The molecular formula is C14H25N. The molecule has 0 spiro atoms. The van der Waals surface area contributed by atoms with Gasteiger partial charge in [-0.25, -0.2) is 0 Å². The summed E-state index contributed by atoms with van der Waals surface area (Å²) in [5.41, 5.74) is 6.24. The Balaban J connectivity index is 2.26. The van der Waals surface area contributed by atoms with Gasteiger partial charge in [-0.1, -0.05) is 26.2 Å². The zero-order chi connectivity index (χ0) is 11.1. The maximum Gasteiger partial charge on any atom is 0.00866 e. The quantitative estimate of drug-likeness (QED) is 0.543. The lowest BCUT2D eigenvalue weighted by Crippen LogP contribution is -2.33. The SMILES string of the molecule is C#CCCCC(N)C1CCCC(CC)C1. The van der Waals surface area contributed by atoms with Crippen molar-refractivity contribution in [3.63, 3.8) is 0 Å². The molecule has 1 saturated carbocycles. The van der Waals surface area contributed by atoms with Crippen molar-refractivity contribution in [2.75, 3.05) is 0 Å². The first-order chi connectivity index (χ1) is 7.27. The van der Waals surface area contributed by atoms with E-state index in [0.717, 1.165) is 31.1 Å². The van der Waals surface area contributed by atoms with Crippen LogP contribution in [0.25, 0.3) is 0 Å². The van der Waals surface area contributed by atoms with Gasteiger partial charge in [0.2, 0.25) is 0 Å². The minimum Gasteiger partial charge on any atom is -0.327 e. The molecule has 1 nitrogen and oxygen atoms in total. The molecule has 3 atom stereocenters. The van der Waals surface area contributed by atoms with Gasteiger partial charge in [-0.2, -0.15) is 0 Å². The average molecular weight is 207 g/mol. The van der Waals surface area contributed by atoms with Gasteiger partial charge in [0.05, 0.1) is 0 Å². The van der Waals surface area contributed by atoms with Crippen molar-refractivity contribution in [2.45, 2.75) is 64.3 Å². The van der Waals surface area contributed by atoms with E-state index in [1.54, 1.807) is 0 Å². The van der Waals surface area contributed by atoms with Crippen LogP contribution >= 0.6 is 0 Å². The van der Waals surface area contributed by atoms with Crippen molar-refractivity contribution in [3.8, 4) is 12.3 Å². The van der Waals surface area contributed by atoms with E-state index in [9.17, 15) is 0 Å². The van der Waals surface area contributed by atoms with Gasteiger partial charge in [-0.15, -0.1) is 12.3 Å². The Bertz CT molecular complexity index is 204. The first-order valence-corrected chi connectivity index (χ1v) is 6.47. The summed E-state index contributed by atoms with van der Waals surface area (Å²) in [5.74, 6) is 4.39. The zero-order valence-electron chi connectivity index (χ0n) is 10.0. The van der Waals surface area contributed by atoms with Crippen molar-refractivity contribution < 1.29 is 0 Å². The van der Waals surface area contributed by atoms with Gasteiger partial charge in [0.25, 0.3) is 0 Å². The molecular weight excluding hydrogens is 182 g/mol. The number of hydrogen-bond acceptors (Lipinski definition) is 1. The molecule has 0 aromatic carbocycles. The van der Waals surface area contributed by atoms with Gasteiger partial charge in [0, 0.05) is 12.5 Å². The first kappa shape index (κ1) is 12.6. The summed E-state index contributed by atoms with van der Waals surface area (Å²) in [6.07, 6.45) is 15.2. The van der Waals surface area contributed by atoms with Crippen molar-refractivity contribution in [1.29, 1.82) is 0 Å². The Morgan fingerprint density at radius 1 is 1.47 bits per heavy atom. The van der Waals surface area contributed by atoms with Crippen molar-refractivity contribution >= 4 is 0 Å². The van der Waals surface area contributed by atoms with Gasteiger partial charge in [0.15, 0.2) is 0 Å². The van der Waals surface area contributed by atoms with Crippen LogP contribution in [0, 0.1) is 24.2 Å². The molecule has 86 valence electrons. The molecule has 0 heterocycles. The second-order valence-electron chi connectivity index (χ2n) is 4.96. The van der Waals surface area contributed by atoms with Crippen molar-refractivity contribution in [2.24, 2.45) is 17.6 Å². The average Bonchev–Trinajstić information content (AvgIpc) is 2.29. The predicted octanol–water partition coefficient (Wildman–Crippen LogP) is 3.33. The summed E-state index contributed by atoms with van der Waals surface area (Å²) in [6.45, 7) is 2.30. The fourth-order valence-electron chi connectivity index (χ4n) is 2.77. The van der Waals surface area contributed by atoms with E-state index in [0.29, 0.717) is 6.04 Å². The third-order valence-corrected chi connectivity index (χ3v) is 3.86. The number of nitrogens with two attached hydrogens (primary N) is 1. The molecule has 1 aliphatic carbocycles. The second-order valence-corrected chi connectivity index (χ2v) is 4.96. The standard InChI is InChI=1S/C14H25N/c1-3-5-6-10-14(15)13-9-7-8-12(4-2)11-13/h1,12-14H,4-11,15H2,2H3. The smallest absolute Gasteiger partial charge is 0.00866 e. The normalized spacial score (nSPS) is 28.3. The highest BCUT2D eigenvalue weighted by Crippen LogP contribution is 2.33. The first-order valence-electron chi connectivity index (χ1n) is 6.47.